The summed E-state index contributed by atoms with van der Waals surface area (Å²) in [6.45, 7) is 5.52. The summed E-state index contributed by atoms with van der Waals surface area (Å²) in [6.07, 6.45) is 3.60. The highest BCUT2D eigenvalue weighted by atomic mass is 16.5. The quantitative estimate of drug-likeness (QED) is 0.655. The fraction of sp³-hybridized carbons (Fsp3) is 0.350. The highest BCUT2D eigenvalue weighted by molar-refractivity contribution is 5.89. The van der Waals surface area contributed by atoms with Gasteiger partial charge in [-0.25, -0.2) is 0 Å². The van der Waals surface area contributed by atoms with Gasteiger partial charge >= 0.3 is 0 Å². The third-order valence-corrected chi connectivity index (χ3v) is 4.53. The lowest BCUT2D eigenvalue weighted by molar-refractivity contribution is -0.132. The van der Waals surface area contributed by atoms with Gasteiger partial charge in [-0.2, -0.15) is 0 Å². The maximum atomic E-state index is 12.8. The van der Waals surface area contributed by atoms with E-state index in [4.69, 9.17) is 13.6 Å². The predicted octanol–water partition coefficient (Wildman–Crippen LogP) is 3.86. The fourth-order valence-corrected chi connectivity index (χ4v) is 2.88. The smallest absolute Gasteiger partial charge is 0.227 e. The summed E-state index contributed by atoms with van der Waals surface area (Å²) in [5, 5.41) is 1.00. The topological polar surface area (TPSA) is 55.8 Å². The largest absolute Gasteiger partial charge is 0.467 e. The molecule has 3 rings (SSSR count). The van der Waals surface area contributed by atoms with E-state index in [2.05, 4.69) is 13.0 Å². The molecule has 0 saturated heterocycles. The van der Waals surface area contributed by atoms with E-state index in [1.807, 2.05) is 25.1 Å². The van der Waals surface area contributed by atoms with Crippen LogP contribution in [0.5, 0.6) is 0 Å². The van der Waals surface area contributed by atoms with Gasteiger partial charge < -0.3 is 18.5 Å². The van der Waals surface area contributed by atoms with Gasteiger partial charge in [-0.15, -0.1) is 0 Å². The first kappa shape index (κ1) is 17.3. The Hall–Kier alpha value is -2.53. The molecule has 3 aromatic rings. The average Bonchev–Trinajstić information content (AvgIpc) is 3.25. The van der Waals surface area contributed by atoms with E-state index in [0.717, 1.165) is 27.9 Å². The normalized spacial score (nSPS) is 11.2. The van der Waals surface area contributed by atoms with Crippen molar-refractivity contribution in [2.75, 3.05) is 20.3 Å². The van der Waals surface area contributed by atoms with Gasteiger partial charge in [-0.05, 0) is 37.1 Å². The number of ether oxygens (including phenoxy) is 1. The maximum absolute atomic E-state index is 12.8. The van der Waals surface area contributed by atoms with E-state index in [-0.39, 0.29) is 5.91 Å². The van der Waals surface area contributed by atoms with Crippen LogP contribution >= 0.6 is 0 Å². The van der Waals surface area contributed by atoms with Gasteiger partial charge in [0, 0.05) is 24.6 Å². The number of methoxy groups -OCH3 is 1. The van der Waals surface area contributed by atoms with Crippen molar-refractivity contribution in [3.63, 3.8) is 0 Å². The molecule has 25 heavy (non-hydrogen) atoms. The first-order chi connectivity index (χ1) is 12.1. The first-order valence-corrected chi connectivity index (χ1v) is 8.35. The van der Waals surface area contributed by atoms with Crippen molar-refractivity contribution < 1.29 is 18.4 Å². The zero-order valence-electron chi connectivity index (χ0n) is 14.9. The number of carbonyl (C=O) groups excluding carboxylic acids is 1. The number of benzene rings is 1. The lowest BCUT2D eigenvalue weighted by atomic mass is 10.0. The van der Waals surface area contributed by atoms with Crippen LogP contribution < -0.4 is 0 Å². The number of hydrogen-bond acceptors (Lipinski definition) is 4. The Morgan fingerprint density at radius 2 is 2.04 bits per heavy atom. The van der Waals surface area contributed by atoms with Gasteiger partial charge in [0.15, 0.2) is 0 Å². The van der Waals surface area contributed by atoms with Crippen molar-refractivity contribution in [2.24, 2.45) is 0 Å². The minimum absolute atomic E-state index is 0.0226. The van der Waals surface area contributed by atoms with Crippen LogP contribution in [0.1, 0.15) is 22.5 Å². The molecule has 5 heteroatoms. The Kier molecular flexibility index (Phi) is 5.24. The van der Waals surface area contributed by atoms with Crippen molar-refractivity contribution in [1.82, 2.24) is 4.90 Å². The zero-order valence-corrected chi connectivity index (χ0v) is 14.9. The summed E-state index contributed by atoms with van der Waals surface area (Å²) < 4.78 is 16.2. The van der Waals surface area contributed by atoms with Crippen molar-refractivity contribution in [3.05, 3.63) is 59.2 Å². The molecule has 0 bridgehead atoms. The Bertz CT molecular complexity index is 848. The summed E-state index contributed by atoms with van der Waals surface area (Å²) in [7, 11) is 1.63. The monoisotopic (exact) mass is 341 g/mol. The lowest BCUT2D eigenvalue weighted by Crippen LogP contribution is -2.34. The van der Waals surface area contributed by atoms with E-state index < -0.39 is 0 Å². The summed E-state index contributed by atoms with van der Waals surface area (Å²) in [5.74, 6) is 0.780. The molecule has 0 aliphatic rings. The molecular weight excluding hydrogens is 318 g/mol. The van der Waals surface area contributed by atoms with Gasteiger partial charge in [0.05, 0.1) is 32.1 Å². The van der Waals surface area contributed by atoms with E-state index >= 15 is 0 Å². The van der Waals surface area contributed by atoms with Gasteiger partial charge in [0.1, 0.15) is 11.3 Å². The molecule has 2 aromatic heterocycles. The summed E-state index contributed by atoms with van der Waals surface area (Å²) in [4.78, 5) is 14.6. The minimum atomic E-state index is 0.0226. The van der Waals surface area contributed by atoms with Crippen molar-refractivity contribution in [2.45, 2.75) is 26.8 Å². The van der Waals surface area contributed by atoms with Gasteiger partial charge in [0.25, 0.3) is 0 Å². The number of amides is 1. The van der Waals surface area contributed by atoms with Gasteiger partial charge in [-0.1, -0.05) is 12.1 Å². The van der Waals surface area contributed by atoms with Crippen LogP contribution in [-0.2, 0) is 22.5 Å². The van der Waals surface area contributed by atoms with Crippen LogP contribution in [0.25, 0.3) is 11.0 Å². The van der Waals surface area contributed by atoms with Crippen LogP contribution in [0.2, 0.25) is 0 Å². The SMILES string of the molecule is COCCN(Cc1ccco1)C(=O)Cc1coc2c(C)c(C)ccc12. The third-order valence-electron chi connectivity index (χ3n) is 4.53. The van der Waals surface area contributed by atoms with Gasteiger partial charge in [-0.3, -0.25) is 4.79 Å². The van der Waals surface area contributed by atoms with Crippen LogP contribution in [0.4, 0.5) is 0 Å². The average molecular weight is 341 g/mol. The molecule has 0 fully saturated rings. The van der Waals surface area contributed by atoms with E-state index in [9.17, 15) is 4.79 Å². The van der Waals surface area contributed by atoms with Crippen molar-refractivity contribution in [1.29, 1.82) is 0 Å². The molecule has 132 valence electrons. The number of nitrogens with zero attached hydrogens (tertiary/aromatic N) is 1. The molecule has 0 N–H and O–H groups in total. The van der Waals surface area contributed by atoms with Crippen LogP contribution in [0, 0.1) is 13.8 Å². The number of fused-ring (bicyclic) bond motifs is 1. The molecule has 1 aromatic carbocycles. The molecule has 0 unspecified atom stereocenters. The molecule has 0 aliphatic heterocycles. The second kappa shape index (κ2) is 7.57. The van der Waals surface area contributed by atoms with Gasteiger partial charge in [0.2, 0.25) is 5.91 Å². The molecule has 0 atom stereocenters. The number of furan rings is 2. The Morgan fingerprint density at radius 3 is 2.76 bits per heavy atom. The standard InChI is InChI=1S/C20H23NO4/c1-14-6-7-18-16(13-25-20(18)15(14)2)11-19(22)21(8-10-23-3)12-17-5-4-9-24-17/h4-7,9,13H,8,10-12H2,1-3H3. The van der Waals surface area contributed by atoms with Crippen molar-refractivity contribution in [3.8, 4) is 0 Å². The minimum Gasteiger partial charge on any atom is -0.467 e. The summed E-state index contributed by atoms with van der Waals surface area (Å²) in [5.41, 5.74) is 4.06. The fourth-order valence-electron chi connectivity index (χ4n) is 2.88. The Labute approximate surface area is 147 Å². The number of aryl methyl sites for hydroxylation is 2. The molecule has 2 heterocycles. The zero-order chi connectivity index (χ0) is 17.8. The highest BCUT2D eigenvalue weighted by Crippen LogP contribution is 2.27. The molecule has 0 saturated carbocycles. The number of carbonyl (C=O) groups is 1. The third kappa shape index (κ3) is 3.77. The Balaban J connectivity index is 1.79. The van der Waals surface area contributed by atoms with Crippen LogP contribution in [-0.4, -0.2) is 31.1 Å². The first-order valence-electron chi connectivity index (χ1n) is 8.35. The van der Waals surface area contributed by atoms with Crippen LogP contribution in [0.15, 0.2) is 45.6 Å². The highest BCUT2D eigenvalue weighted by Gasteiger charge is 2.19. The molecule has 0 spiro atoms. The molecular formula is C20H23NO4. The lowest BCUT2D eigenvalue weighted by Gasteiger charge is -2.21. The maximum Gasteiger partial charge on any atom is 0.227 e. The van der Waals surface area contributed by atoms with E-state index in [1.165, 1.54) is 5.56 Å². The molecule has 0 aliphatic carbocycles. The number of hydrogen-bond donors (Lipinski definition) is 0. The van der Waals surface area contributed by atoms with E-state index in [0.29, 0.717) is 26.1 Å². The summed E-state index contributed by atoms with van der Waals surface area (Å²) in [6, 6.07) is 7.78. The second-order valence-electron chi connectivity index (χ2n) is 6.21. The molecule has 5 nitrogen and oxygen atoms in total. The van der Waals surface area contributed by atoms with Crippen LogP contribution in [0.3, 0.4) is 0 Å². The molecule has 0 radical (unpaired) electrons. The predicted molar refractivity (Wildman–Crippen MR) is 95.4 cm³/mol. The number of rotatable bonds is 7. The second-order valence-corrected chi connectivity index (χ2v) is 6.21. The Morgan fingerprint density at radius 1 is 1.20 bits per heavy atom. The molecule has 1 amide bonds. The summed E-state index contributed by atoms with van der Waals surface area (Å²) >= 11 is 0. The van der Waals surface area contributed by atoms with E-state index in [1.54, 1.807) is 24.5 Å². The van der Waals surface area contributed by atoms with Crippen molar-refractivity contribution >= 4 is 16.9 Å².